The molecule has 3 aromatic rings. The van der Waals surface area contributed by atoms with E-state index in [4.69, 9.17) is 0 Å². The lowest BCUT2D eigenvalue weighted by Crippen LogP contribution is -2.29. The monoisotopic (exact) mass is 490 g/mol. The number of rotatable bonds is 7. The zero-order valence-electron chi connectivity index (χ0n) is 21.0. The quantitative estimate of drug-likeness (QED) is 0.466. The molecule has 0 saturated heterocycles. The highest BCUT2D eigenvalue weighted by atomic mass is 32.2. The molecule has 1 N–H and O–H groups in total. The summed E-state index contributed by atoms with van der Waals surface area (Å²) in [6, 6.07) is 19.2. The Hall–Kier alpha value is -3.12. The lowest BCUT2D eigenvalue weighted by atomic mass is 9.89. The number of carbonyl (C=O) groups is 1. The molecule has 1 atom stereocenters. The van der Waals surface area contributed by atoms with Gasteiger partial charge >= 0.3 is 0 Å². The van der Waals surface area contributed by atoms with Crippen molar-refractivity contribution in [1.82, 2.24) is 5.32 Å². The Morgan fingerprint density at radius 3 is 2.26 bits per heavy atom. The van der Waals surface area contributed by atoms with E-state index in [1.165, 1.54) is 34.5 Å². The maximum absolute atomic E-state index is 12.9. The van der Waals surface area contributed by atoms with Crippen molar-refractivity contribution in [3.05, 3.63) is 99.6 Å². The molecule has 0 bridgehead atoms. The summed E-state index contributed by atoms with van der Waals surface area (Å²) >= 11 is 0. The van der Waals surface area contributed by atoms with Crippen LogP contribution in [0.1, 0.15) is 69.5 Å². The zero-order valence-corrected chi connectivity index (χ0v) is 21.8. The summed E-state index contributed by atoms with van der Waals surface area (Å²) in [5, 5.41) is 3.10. The van der Waals surface area contributed by atoms with Crippen molar-refractivity contribution in [2.45, 2.75) is 59.0 Å². The second-order valence-electron chi connectivity index (χ2n) is 9.67. The number of nitrogens with one attached hydrogen (secondary N) is 1. The molecule has 0 saturated carbocycles. The van der Waals surface area contributed by atoms with Gasteiger partial charge < -0.3 is 5.32 Å². The Kier molecular flexibility index (Phi) is 7.31. The molecule has 0 radical (unpaired) electrons. The van der Waals surface area contributed by atoms with Crippen molar-refractivity contribution in [3.8, 4) is 0 Å². The van der Waals surface area contributed by atoms with Crippen molar-refractivity contribution in [2.75, 3.05) is 10.6 Å². The van der Waals surface area contributed by atoms with Gasteiger partial charge in [-0.3, -0.25) is 9.10 Å². The normalized spacial score (nSPS) is 14.2. The molecule has 0 spiro atoms. The van der Waals surface area contributed by atoms with E-state index >= 15 is 0 Å². The highest BCUT2D eigenvalue weighted by molar-refractivity contribution is 7.92. The van der Waals surface area contributed by atoms with Gasteiger partial charge in [-0.2, -0.15) is 0 Å². The van der Waals surface area contributed by atoms with Gasteiger partial charge in [-0.25, -0.2) is 8.42 Å². The van der Waals surface area contributed by atoms with Crippen LogP contribution in [0.4, 0.5) is 5.69 Å². The topological polar surface area (TPSA) is 66.5 Å². The van der Waals surface area contributed by atoms with Crippen LogP contribution in [0.2, 0.25) is 0 Å². The smallest absolute Gasteiger partial charge is 0.251 e. The van der Waals surface area contributed by atoms with Crippen LogP contribution < -0.4 is 9.62 Å². The number of hydrogen-bond donors (Lipinski definition) is 1. The minimum absolute atomic E-state index is 0.0973. The van der Waals surface area contributed by atoms with Gasteiger partial charge in [0.15, 0.2) is 0 Å². The lowest BCUT2D eigenvalue weighted by Gasteiger charge is -2.23. The molecule has 3 aromatic carbocycles. The highest BCUT2D eigenvalue weighted by Gasteiger charge is 2.19. The van der Waals surface area contributed by atoms with Crippen LogP contribution in [0.25, 0.3) is 0 Å². The van der Waals surface area contributed by atoms with Crippen molar-refractivity contribution in [1.29, 1.82) is 0 Å². The van der Waals surface area contributed by atoms with Gasteiger partial charge in [-0.15, -0.1) is 0 Å². The van der Waals surface area contributed by atoms with Gasteiger partial charge in [0, 0.05) is 5.56 Å². The number of aryl methyl sites for hydroxylation is 4. The maximum atomic E-state index is 12.9. The molecule has 1 aliphatic carbocycles. The molecule has 0 unspecified atom stereocenters. The molecule has 184 valence electrons. The van der Waals surface area contributed by atoms with Crippen molar-refractivity contribution < 1.29 is 13.2 Å². The molecule has 0 fully saturated rings. The first-order valence-electron chi connectivity index (χ1n) is 12.2. The van der Waals surface area contributed by atoms with E-state index < -0.39 is 10.0 Å². The minimum Gasteiger partial charge on any atom is -0.346 e. The summed E-state index contributed by atoms with van der Waals surface area (Å²) in [5.41, 5.74) is 8.10. The van der Waals surface area contributed by atoms with Crippen molar-refractivity contribution in [3.63, 3.8) is 0 Å². The number of nitrogens with zero attached hydrogens (tertiary/aromatic N) is 1. The Labute approximate surface area is 209 Å². The van der Waals surface area contributed by atoms with E-state index in [2.05, 4.69) is 23.5 Å². The fraction of sp³-hybridized carbons (Fsp3) is 0.345. The molecule has 1 amide bonds. The van der Waals surface area contributed by atoms with Gasteiger partial charge in [0.05, 0.1) is 24.5 Å². The molecular weight excluding hydrogens is 456 g/mol. The first-order valence-corrected chi connectivity index (χ1v) is 14.0. The first kappa shape index (κ1) is 25.0. The SMILES string of the molecule is Cc1ccc(N(Cc2ccc(C(=O)N[C@H](C)c3ccc4c(c3)CCCC4)cc2)S(C)(=O)=O)cc1C. The highest BCUT2D eigenvalue weighted by Crippen LogP contribution is 2.26. The fourth-order valence-corrected chi connectivity index (χ4v) is 5.47. The van der Waals surface area contributed by atoms with Gasteiger partial charge in [-0.05, 0) is 104 Å². The average molecular weight is 491 g/mol. The van der Waals surface area contributed by atoms with Crippen LogP contribution in [-0.2, 0) is 29.4 Å². The van der Waals surface area contributed by atoms with Crippen molar-refractivity contribution >= 4 is 21.6 Å². The summed E-state index contributed by atoms with van der Waals surface area (Å²) in [6.07, 6.45) is 5.94. The van der Waals surface area contributed by atoms with Crippen LogP contribution in [0.5, 0.6) is 0 Å². The number of carbonyl (C=O) groups excluding carboxylic acids is 1. The van der Waals surface area contributed by atoms with Gasteiger partial charge in [0.1, 0.15) is 0 Å². The Balaban J connectivity index is 1.45. The number of hydrogen-bond acceptors (Lipinski definition) is 3. The molecular formula is C29H34N2O3S. The summed E-state index contributed by atoms with van der Waals surface area (Å²) in [5.74, 6) is -0.143. The van der Waals surface area contributed by atoms with E-state index in [1.807, 2.05) is 51.1 Å². The predicted octanol–water partition coefficient (Wildman–Crippen LogP) is 5.64. The molecule has 35 heavy (non-hydrogen) atoms. The van der Waals surface area contributed by atoms with E-state index in [0.29, 0.717) is 11.3 Å². The van der Waals surface area contributed by atoms with E-state index in [9.17, 15) is 13.2 Å². The predicted molar refractivity (Wildman–Crippen MR) is 142 cm³/mol. The Morgan fingerprint density at radius 2 is 1.60 bits per heavy atom. The van der Waals surface area contributed by atoms with Crippen LogP contribution >= 0.6 is 0 Å². The molecule has 6 heteroatoms. The standard InChI is InChI=1S/C29H34N2O3S/c1-20-9-16-28(17-21(20)2)31(35(4,33)34)19-23-10-12-25(13-11-23)29(32)30-22(3)26-15-14-24-7-5-6-8-27(24)18-26/h9-18,22H,5-8,19H2,1-4H3,(H,30,32)/t22-/m1/s1. The largest absolute Gasteiger partial charge is 0.346 e. The number of amides is 1. The number of fused-ring (bicyclic) bond motifs is 1. The third-order valence-corrected chi connectivity index (χ3v) is 8.08. The molecule has 1 aliphatic rings. The summed E-state index contributed by atoms with van der Waals surface area (Å²) in [4.78, 5) is 12.9. The van der Waals surface area contributed by atoms with Gasteiger partial charge in [-0.1, -0.05) is 36.4 Å². The van der Waals surface area contributed by atoms with E-state index in [-0.39, 0.29) is 18.5 Å². The molecule has 4 rings (SSSR count). The second-order valence-corrected chi connectivity index (χ2v) is 11.6. The van der Waals surface area contributed by atoms with E-state index in [1.54, 1.807) is 12.1 Å². The average Bonchev–Trinajstić information content (AvgIpc) is 2.83. The Morgan fingerprint density at radius 1 is 0.914 bits per heavy atom. The Bertz CT molecular complexity index is 1330. The number of sulfonamides is 1. The molecule has 5 nitrogen and oxygen atoms in total. The number of anilines is 1. The lowest BCUT2D eigenvalue weighted by molar-refractivity contribution is 0.0940. The number of benzene rings is 3. The first-order chi connectivity index (χ1) is 16.6. The maximum Gasteiger partial charge on any atom is 0.251 e. The summed E-state index contributed by atoms with van der Waals surface area (Å²) in [6.45, 7) is 6.18. The van der Waals surface area contributed by atoms with Crippen LogP contribution in [0.3, 0.4) is 0 Å². The van der Waals surface area contributed by atoms with Gasteiger partial charge in [0.25, 0.3) is 5.91 Å². The van der Waals surface area contributed by atoms with Crippen molar-refractivity contribution in [2.24, 2.45) is 0 Å². The molecule has 0 aromatic heterocycles. The molecule has 0 heterocycles. The van der Waals surface area contributed by atoms with Gasteiger partial charge in [0.2, 0.25) is 10.0 Å². The van der Waals surface area contributed by atoms with E-state index in [0.717, 1.165) is 35.1 Å². The minimum atomic E-state index is -3.47. The zero-order chi connectivity index (χ0) is 25.2. The summed E-state index contributed by atoms with van der Waals surface area (Å²) in [7, 11) is -3.47. The van der Waals surface area contributed by atoms with Crippen LogP contribution in [0, 0.1) is 13.8 Å². The summed E-state index contributed by atoms with van der Waals surface area (Å²) < 4.78 is 26.4. The third-order valence-electron chi connectivity index (χ3n) is 6.94. The molecule has 0 aliphatic heterocycles. The second kappa shape index (κ2) is 10.2. The fourth-order valence-electron chi connectivity index (χ4n) is 4.59. The van der Waals surface area contributed by atoms with Crippen LogP contribution in [0.15, 0.2) is 60.7 Å². The third kappa shape index (κ3) is 5.93. The van der Waals surface area contributed by atoms with Crippen LogP contribution in [-0.4, -0.2) is 20.6 Å².